The van der Waals surface area contributed by atoms with Crippen molar-refractivity contribution in [3.8, 4) is 0 Å². The molecule has 4 nitrogen and oxygen atoms in total. The number of carbonyl (C=O) groups excluding carboxylic acids is 1. The fourth-order valence-electron chi connectivity index (χ4n) is 2.40. The summed E-state index contributed by atoms with van der Waals surface area (Å²) in [4.78, 5) is 15.8. The Labute approximate surface area is 90.9 Å². The molecule has 2 aliphatic rings. The standard InChI is InChI=1S/C11H20N2O2/c1-9-3-2-4-12(5-9)11(15)13-6-10(7-13)8-14/h9-10,14H,2-8H2,1H3. The van der Waals surface area contributed by atoms with Crippen LogP contribution >= 0.6 is 0 Å². The third kappa shape index (κ3) is 2.25. The second kappa shape index (κ2) is 4.39. The summed E-state index contributed by atoms with van der Waals surface area (Å²) in [6.45, 7) is 5.69. The molecule has 0 aromatic heterocycles. The molecule has 2 saturated heterocycles. The fourth-order valence-corrected chi connectivity index (χ4v) is 2.40. The highest BCUT2D eigenvalue weighted by molar-refractivity contribution is 5.75. The van der Waals surface area contributed by atoms with Crippen LogP contribution in [0.25, 0.3) is 0 Å². The van der Waals surface area contributed by atoms with E-state index in [9.17, 15) is 4.79 Å². The largest absolute Gasteiger partial charge is 0.396 e. The average molecular weight is 212 g/mol. The normalized spacial score (nSPS) is 27.7. The second-order valence-corrected chi connectivity index (χ2v) is 4.93. The van der Waals surface area contributed by atoms with Crippen LogP contribution in [0.1, 0.15) is 19.8 Å². The topological polar surface area (TPSA) is 43.8 Å². The second-order valence-electron chi connectivity index (χ2n) is 4.93. The molecule has 1 N–H and O–H groups in total. The summed E-state index contributed by atoms with van der Waals surface area (Å²) in [5.74, 6) is 0.953. The van der Waals surface area contributed by atoms with Crippen LogP contribution in [-0.4, -0.2) is 53.7 Å². The van der Waals surface area contributed by atoms with Crippen molar-refractivity contribution in [2.45, 2.75) is 19.8 Å². The zero-order valence-corrected chi connectivity index (χ0v) is 9.35. The van der Waals surface area contributed by atoms with E-state index in [0.717, 1.165) is 32.6 Å². The number of likely N-dealkylation sites (tertiary alicyclic amines) is 2. The summed E-state index contributed by atoms with van der Waals surface area (Å²) in [5.41, 5.74) is 0. The van der Waals surface area contributed by atoms with Crippen LogP contribution in [0, 0.1) is 11.8 Å². The van der Waals surface area contributed by atoms with E-state index in [1.54, 1.807) is 0 Å². The number of hydrogen-bond donors (Lipinski definition) is 1. The molecule has 0 radical (unpaired) electrons. The molecule has 2 heterocycles. The van der Waals surface area contributed by atoms with Crippen molar-refractivity contribution in [1.82, 2.24) is 9.80 Å². The lowest BCUT2D eigenvalue weighted by atomic mass is 9.99. The summed E-state index contributed by atoms with van der Waals surface area (Å²) in [5, 5.41) is 8.89. The van der Waals surface area contributed by atoms with Gasteiger partial charge in [0.2, 0.25) is 0 Å². The Bertz CT molecular complexity index is 239. The van der Waals surface area contributed by atoms with Crippen molar-refractivity contribution in [3.05, 3.63) is 0 Å². The summed E-state index contributed by atoms with van der Waals surface area (Å²) in [6, 6.07) is 0.172. The highest BCUT2D eigenvalue weighted by Crippen LogP contribution is 2.21. The molecule has 1 atom stereocenters. The van der Waals surface area contributed by atoms with E-state index in [2.05, 4.69) is 6.92 Å². The van der Waals surface area contributed by atoms with Gasteiger partial charge in [-0.15, -0.1) is 0 Å². The van der Waals surface area contributed by atoms with Gasteiger partial charge in [-0.05, 0) is 18.8 Å². The summed E-state index contributed by atoms with van der Waals surface area (Å²) in [7, 11) is 0. The number of carbonyl (C=O) groups is 1. The van der Waals surface area contributed by atoms with Gasteiger partial charge in [0.1, 0.15) is 0 Å². The lowest BCUT2D eigenvalue weighted by Crippen LogP contribution is -2.57. The smallest absolute Gasteiger partial charge is 0.320 e. The van der Waals surface area contributed by atoms with E-state index in [-0.39, 0.29) is 12.6 Å². The Morgan fingerprint density at radius 1 is 1.33 bits per heavy atom. The van der Waals surface area contributed by atoms with Crippen LogP contribution < -0.4 is 0 Å². The van der Waals surface area contributed by atoms with Crippen LogP contribution in [0.3, 0.4) is 0 Å². The third-order valence-corrected chi connectivity index (χ3v) is 3.41. The Kier molecular flexibility index (Phi) is 3.14. The van der Waals surface area contributed by atoms with E-state index in [0.29, 0.717) is 11.8 Å². The van der Waals surface area contributed by atoms with Crippen LogP contribution in [0.5, 0.6) is 0 Å². The minimum atomic E-state index is 0.172. The van der Waals surface area contributed by atoms with Gasteiger partial charge in [-0.3, -0.25) is 0 Å². The van der Waals surface area contributed by atoms with Crippen LogP contribution in [-0.2, 0) is 0 Å². The third-order valence-electron chi connectivity index (χ3n) is 3.41. The van der Waals surface area contributed by atoms with Gasteiger partial charge in [0.15, 0.2) is 0 Å². The first-order valence-electron chi connectivity index (χ1n) is 5.85. The lowest BCUT2D eigenvalue weighted by Gasteiger charge is -2.43. The Morgan fingerprint density at radius 3 is 2.67 bits per heavy atom. The first-order chi connectivity index (χ1) is 7.20. The highest BCUT2D eigenvalue weighted by Gasteiger charge is 2.33. The van der Waals surface area contributed by atoms with E-state index in [4.69, 9.17) is 5.11 Å². The van der Waals surface area contributed by atoms with E-state index in [1.165, 1.54) is 6.42 Å². The van der Waals surface area contributed by atoms with Gasteiger partial charge in [0.25, 0.3) is 0 Å². The first kappa shape index (κ1) is 10.7. The van der Waals surface area contributed by atoms with Crippen molar-refractivity contribution in [3.63, 3.8) is 0 Å². The van der Waals surface area contributed by atoms with Crippen molar-refractivity contribution in [2.75, 3.05) is 32.8 Å². The minimum absolute atomic E-state index is 0.172. The fraction of sp³-hybridized carbons (Fsp3) is 0.909. The van der Waals surface area contributed by atoms with Crippen LogP contribution in [0.4, 0.5) is 4.79 Å². The van der Waals surface area contributed by atoms with Gasteiger partial charge >= 0.3 is 6.03 Å². The molecule has 1 unspecified atom stereocenters. The molecular formula is C11H20N2O2. The van der Waals surface area contributed by atoms with Crippen molar-refractivity contribution in [2.24, 2.45) is 11.8 Å². The number of amides is 2. The maximum Gasteiger partial charge on any atom is 0.320 e. The number of piperidine rings is 1. The predicted molar refractivity (Wildman–Crippen MR) is 57.5 cm³/mol. The minimum Gasteiger partial charge on any atom is -0.396 e. The average Bonchev–Trinajstić information content (AvgIpc) is 2.16. The van der Waals surface area contributed by atoms with Gasteiger partial charge in [-0.2, -0.15) is 0 Å². The molecule has 0 bridgehead atoms. The number of urea groups is 1. The van der Waals surface area contributed by atoms with Crippen LogP contribution in [0.15, 0.2) is 0 Å². The summed E-state index contributed by atoms with van der Waals surface area (Å²) < 4.78 is 0. The Hall–Kier alpha value is -0.770. The van der Waals surface area contributed by atoms with Crippen molar-refractivity contribution >= 4 is 6.03 Å². The highest BCUT2D eigenvalue weighted by atomic mass is 16.3. The van der Waals surface area contributed by atoms with Gasteiger partial charge in [0.05, 0.1) is 0 Å². The molecule has 0 aromatic carbocycles. The van der Waals surface area contributed by atoms with Gasteiger partial charge in [0, 0.05) is 38.7 Å². The van der Waals surface area contributed by atoms with E-state index >= 15 is 0 Å². The lowest BCUT2D eigenvalue weighted by molar-refractivity contribution is 0.0526. The predicted octanol–water partition coefficient (Wildman–Crippen LogP) is 0.762. The molecule has 2 rings (SSSR count). The van der Waals surface area contributed by atoms with Crippen molar-refractivity contribution in [1.29, 1.82) is 0 Å². The van der Waals surface area contributed by atoms with Crippen LogP contribution in [0.2, 0.25) is 0 Å². The zero-order chi connectivity index (χ0) is 10.8. The van der Waals surface area contributed by atoms with Gasteiger partial charge < -0.3 is 14.9 Å². The summed E-state index contributed by atoms with van der Waals surface area (Å²) >= 11 is 0. The molecule has 0 saturated carbocycles. The maximum absolute atomic E-state index is 12.0. The molecule has 0 aliphatic carbocycles. The number of nitrogens with zero attached hydrogens (tertiary/aromatic N) is 2. The molecule has 2 aliphatic heterocycles. The Morgan fingerprint density at radius 2 is 2.07 bits per heavy atom. The maximum atomic E-state index is 12.0. The number of rotatable bonds is 1. The van der Waals surface area contributed by atoms with E-state index < -0.39 is 0 Å². The number of hydrogen-bond acceptors (Lipinski definition) is 2. The van der Waals surface area contributed by atoms with Gasteiger partial charge in [-0.1, -0.05) is 6.92 Å². The molecule has 2 fully saturated rings. The zero-order valence-electron chi connectivity index (χ0n) is 9.35. The number of aliphatic hydroxyl groups excluding tert-OH is 1. The summed E-state index contributed by atoms with van der Waals surface area (Å²) in [6.07, 6.45) is 2.37. The first-order valence-corrected chi connectivity index (χ1v) is 5.85. The molecule has 4 heteroatoms. The Balaban J connectivity index is 1.81. The molecule has 86 valence electrons. The molecule has 0 aromatic rings. The molecule has 2 amide bonds. The quantitative estimate of drug-likeness (QED) is 0.697. The van der Waals surface area contributed by atoms with Gasteiger partial charge in [-0.25, -0.2) is 4.79 Å². The molecule has 15 heavy (non-hydrogen) atoms. The molecular weight excluding hydrogens is 192 g/mol. The van der Waals surface area contributed by atoms with E-state index in [1.807, 2.05) is 9.80 Å². The number of aliphatic hydroxyl groups is 1. The van der Waals surface area contributed by atoms with Crippen molar-refractivity contribution < 1.29 is 9.90 Å². The SMILES string of the molecule is CC1CCCN(C(=O)N2CC(CO)C2)C1. The monoisotopic (exact) mass is 212 g/mol. The molecule has 0 spiro atoms.